The number of benzene rings is 2. The smallest absolute Gasteiger partial charge is 0.337 e. The standard InChI is InChI=1S/C18H19FN2O4/c1-11(2)25-16-9-8-12(17(22)24-3)10-15(16)21-18(23)20-14-7-5-4-6-13(14)19/h4-11H,1-3H3,(H2,20,21,23). The highest BCUT2D eigenvalue weighted by Gasteiger charge is 2.15. The van der Waals surface area contributed by atoms with Crippen LogP contribution in [-0.2, 0) is 4.74 Å². The van der Waals surface area contributed by atoms with Crippen molar-refractivity contribution in [2.45, 2.75) is 20.0 Å². The topological polar surface area (TPSA) is 76.7 Å². The summed E-state index contributed by atoms with van der Waals surface area (Å²) in [6.07, 6.45) is -0.140. The van der Waals surface area contributed by atoms with E-state index in [9.17, 15) is 14.0 Å². The Morgan fingerprint density at radius 3 is 2.36 bits per heavy atom. The third kappa shape index (κ3) is 4.94. The van der Waals surface area contributed by atoms with Crippen LogP contribution in [0.15, 0.2) is 42.5 Å². The molecule has 7 heteroatoms. The van der Waals surface area contributed by atoms with E-state index in [1.165, 1.54) is 37.4 Å². The molecule has 25 heavy (non-hydrogen) atoms. The Bertz CT molecular complexity index is 777. The second-order valence-corrected chi connectivity index (χ2v) is 5.43. The zero-order valence-corrected chi connectivity index (χ0v) is 14.1. The molecule has 2 rings (SSSR count). The van der Waals surface area contributed by atoms with Crippen LogP contribution in [-0.4, -0.2) is 25.2 Å². The minimum atomic E-state index is -0.666. The Morgan fingerprint density at radius 2 is 1.72 bits per heavy atom. The van der Waals surface area contributed by atoms with Crippen molar-refractivity contribution in [3.05, 3.63) is 53.8 Å². The normalized spacial score (nSPS) is 10.3. The van der Waals surface area contributed by atoms with E-state index in [4.69, 9.17) is 4.74 Å². The Balaban J connectivity index is 2.24. The number of nitrogens with one attached hydrogen (secondary N) is 2. The van der Waals surface area contributed by atoms with Crippen LogP contribution < -0.4 is 15.4 Å². The molecular weight excluding hydrogens is 327 g/mol. The molecule has 0 atom stereocenters. The van der Waals surface area contributed by atoms with Crippen molar-refractivity contribution < 1.29 is 23.5 Å². The van der Waals surface area contributed by atoms with E-state index in [0.29, 0.717) is 5.75 Å². The predicted octanol–water partition coefficient (Wildman–Crippen LogP) is 4.04. The van der Waals surface area contributed by atoms with Gasteiger partial charge in [-0.3, -0.25) is 0 Å². The summed E-state index contributed by atoms with van der Waals surface area (Å²) in [5, 5.41) is 4.97. The van der Waals surface area contributed by atoms with E-state index in [1.807, 2.05) is 13.8 Å². The van der Waals surface area contributed by atoms with Crippen molar-refractivity contribution >= 4 is 23.4 Å². The van der Waals surface area contributed by atoms with Crippen molar-refractivity contribution in [1.82, 2.24) is 0 Å². The van der Waals surface area contributed by atoms with E-state index >= 15 is 0 Å². The first-order valence-corrected chi connectivity index (χ1v) is 7.62. The number of urea groups is 1. The van der Waals surface area contributed by atoms with Crippen LogP contribution in [0.2, 0.25) is 0 Å². The molecule has 0 saturated heterocycles. The fourth-order valence-electron chi connectivity index (χ4n) is 2.07. The average molecular weight is 346 g/mol. The second-order valence-electron chi connectivity index (χ2n) is 5.43. The maximum atomic E-state index is 13.6. The molecule has 0 aromatic heterocycles. The van der Waals surface area contributed by atoms with Crippen molar-refractivity contribution in [2.75, 3.05) is 17.7 Å². The Morgan fingerprint density at radius 1 is 1.04 bits per heavy atom. The number of carbonyl (C=O) groups excluding carboxylic acids is 2. The van der Waals surface area contributed by atoms with Crippen LogP contribution in [0, 0.1) is 5.82 Å². The summed E-state index contributed by atoms with van der Waals surface area (Å²) in [6.45, 7) is 3.66. The summed E-state index contributed by atoms with van der Waals surface area (Å²) in [5.41, 5.74) is 0.556. The van der Waals surface area contributed by atoms with Gasteiger partial charge in [-0.25, -0.2) is 14.0 Å². The molecule has 2 amide bonds. The van der Waals surface area contributed by atoms with Crippen LogP contribution >= 0.6 is 0 Å². The molecule has 0 aliphatic rings. The minimum absolute atomic E-state index is 0.0375. The Kier molecular flexibility index (Phi) is 5.94. The number of carbonyl (C=O) groups is 2. The lowest BCUT2D eigenvalue weighted by molar-refractivity contribution is 0.0600. The quantitative estimate of drug-likeness (QED) is 0.801. The van der Waals surface area contributed by atoms with Crippen molar-refractivity contribution in [3.63, 3.8) is 0 Å². The van der Waals surface area contributed by atoms with Crippen LogP contribution in [0.3, 0.4) is 0 Å². The summed E-state index contributed by atoms with van der Waals surface area (Å²) >= 11 is 0. The Hall–Kier alpha value is -3.09. The molecule has 0 heterocycles. The van der Waals surface area contributed by atoms with Gasteiger partial charge in [0.1, 0.15) is 11.6 Å². The summed E-state index contributed by atoms with van der Waals surface area (Å²) in [5.74, 6) is -0.723. The number of hydrogen-bond donors (Lipinski definition) is 2. The zero-order chi connectivity index (χ0) is 18.4. The maximum absolute atomic E-state index is 13.6. The highest BCUT2D eigenvalue weighted by molar-refractivity contribution is 6.02. The number of para-hydroxylation sites is 1. The first-order chi connectivity index (χ1) is 11.9. The third-order valence-electron chi connectivity index (χ3n) is 3.13. The molecule has 132 valence electrons. The van der Waals surface area contributed by atoms with E-state index in [-0.39, 0.29) is 23.0 Å². The molecule has 0 unspecified atom stereocenters. The molecule has 0 fully saturated rings. The number of methoxy groups -OCH3 is 1. The first-order valence-electron chi connectivity index (χ1n) is 7.62. The van der Waals surface area contributed by atoms with Gasteiger partial charge in [-0.2, -0.15) is 0 Å². The van der Waals surface area contributed by atoms with Gasteiger partial charge < -0.3 is 20.1 Å². The van der Waals surface area contributed by atoms with Crippen molar-refractivity contribution in [2.24, 2.45) is 0 Å². The van der Waals surface area contributed by atoms with Gasteiger partial charge in [0.05, 0.1) is 30.2 Å². The largest absolute Gasteiger partial charge is 0.489 e. The Labute approximate surface area is 144 Å². The van der Waals surface area contributed by atoms with Gasteiger partial charge >= 0.3 is 12.0 Å². The van der Waals surface area contributed by atoms with Crippen molar-refractivity contribution in [1.29, 1.82) is 0 Å². The van der Waals surface area contributed by atoms with Crippen LogP contribution in [0.25, 0.3) is 0 Å². The number of anilines is 2. The molecule has 2 aromatic carbocycles. The molecule has 0 saturated carbocycles. The van der Waals surface area contributed by atoms with E-state index in [1.54, 1.807) is 12.1 Å². The highest BCUT2D eigenvalue weighted by Crippen LogP contribution is 2.27. The minimum Gasteiger partial charge on any atom is -0.489 e. The van der Waals surface area contributed by atoms with Gasteiger partial charge in [0, 0.05) is 0 Å². The maximum Gasteiger partial charge on any atom is 0.337 e. The molecule has 2 N–H and O–H groups in total. The zero-order valence-electron chi connectivity index (χ0n) is 14.1. The number of hydrogen-bond acceptors (Lipinski definition) is 4. The number of ether oxygens (including phenoxy) is 2. The molecular formula is C18H19FN2O4. The van der Waals surface area contributed by atoms with E-state index in [0.717, 1.165) is 0 Å². The second kappa shape index (κ2) is 8.14. The van der Waals surface area contributed by atoms with E-state index < -0.39 is 17.8 Å². The summed E-state index contributed by atoms with van der Waals surface area (Å²) < 4.78 is 23.9. The monoisotopic (exact) mass is 346 g/mol. The number of rotatable bonds is 5. The molecule has 0 aliphatic heterocycles. The van der Waals surface area contributed by atoms with E-state index in [2.05, 4.69) is 15.4 Å². The van der Waals surface area contributed by atoms with Gasteiger partial charge in [0.25, 0.3) is 0 Å². The molecule has 0 spiro atoms. The van der Waals surface area contributed by atoms with Crippen LogP contribution in [0.5, 0.6) is 5.75 Å². The molecule has 0 bridgehead atoms. The van der Waals surface area contributed by atoms with Gasteiger partial charge in [-0.15, -0.1) is 0 Å². The van der Waals surface area contributed by atoms with Gasteiger partial charge in [0.15, 0.2) is 0 Å². The van der Waals surface area contributed by atoms with Crippen molar-refractivity contribution in [3.8, 4) is 5.75 Å². The SMILES string of the molecule is COC(=O)c1ccc(OC(C)C)c(NC(=O)Nc2ccccc2F)c1. The first kappa shape index (κ1) is 18.3. The lowest BCUT2D eigenvalue weighted by Gasteiger charge is -2.16. The average Bonchev–Trinajstić information content (AvgIpc) is 2.57. The number of amides is 2. The lowest BCUT2D eigenvalue weighted by Crippen LogP contribution is -2.21. The highest BCUT2D eigenvalue weighted by atomic mass is 19.1. The molecule has 0 aliphatic carbocycles. The molecule has 0 radical (unpaired) electrons. The summed E-state index contributed by atoms with van der Waals surface area (Å²) in [6, 6.07) is 9.66. The summed E-state index contributed by atoms with van der Waals surface area (Å²) in [4.78, 5) is 23.8. The van der Waals surface area contributed by atoms with Crippen LogP contribution in [0.4, 0.5) is 20.6 Å². The fraction of sp³-hybridized carbons (Fsp3) is 0.222. The predicted molar refractivity (Wildman–Crippen MR) is 92.6 cm³/mol. The fourth-order valence-corrected chi connectivity index (χ4v) is 2.07. The molecule has 6 nitrogen and oxygen atoms in total. The van der Waals surface area contributed by atoms with Crippen LogP contribution in [0.1, 0.15) is 24.2 Å². The molecule has 2 aromatic rings. The third-order valence-corrected chi connectivity index (χ3v) is 3.13. The summed E-state index contributed by atoms with van der Waals surface area (Å²) in [7, 11) is 1.26. The van der Waals surface area contributed by atoms with Gasteiger partial charge in [-0.05, 0) is 44.2 Å². The number of halogens is 1. The lowest BCUT2D eigenvalue weighted by atomic mass is 10.2. The van der Waals surface area contributed by atoms with Gasteiger partial charge in [0.2, 0.25) is 0 Å². The number of esters is 1. The van der Waals surface area contributed by atoms with Gasteiger partial charge in [-0.1, -0.05) is 12.1 Å².